The van der Waals surface area contributed by atoms with Crippen molar-refractivity contribution < 1.29 is 12.8 Å². The third kappa shape index (κ3) is 3.02. The molecule has 100 valence electrons. The van der Waals surface area contributed by atoms with Crippen LogP contribution in [-0.2, 0) is 10.0 Å². The van der Waals surface area contributed by atoms with Crippen LogP contribution in [0.4, 0.5) is 10.1 Å². The molecular formula is C12H10ClFN2O2S. The Morgan fingerprint density at radius 3 is 2.74 bits per heavy atom. The molecule has 0 aliphatic carbocycles. The zero-order valence-electron chi connectivity index (χ0n) is 9.89. The van der Waals surface area contributed by atoms with E-state index in [1.807, 2.05) is 0 Å². The number of halogens is 2. The molecule has 1 aromatic carbocycles. The first-order valence-corrected chi connectivity index (χ1v) is 7.15. The van der Waals surface area contributed by atoms with Gasteiger partial charge in [-0.05, 0) is 36.8 Å². The molecule has 0 atom stereocenters. The lowest BCUT2D eigenvalue weighted by molar-refractivity contribution is 0.600. The summed E-state index contributed by atoms with van der Waals surface area (Å²) in [5.74, 6) is -0.491. The Hall–Kier alpha value is -1.66. The summed E-state index contributed by atoms with van der Waals surface area (Å²) < 4.78 is 39.6. The fraction of sp³-hybridized carbons (Fsp3) is 0.0833. The monoisotopic (exact) mass is 300 g/mol. The summed E-state index contributed by atoms with van der Waals surface area (Å²) >= 11 is 5.81. The molecule has 1 aromatic heterocycles. The van der Waals surface area contributed by atoms with E-state index in [2.05, 4.69) is 9.71 Å². The number of benzene rings is 1. The van der Waals surface area contributed by atoms with Gasteiger partial charge in [-0.3, -0.25) is 9.71 Å². The zero-order chi connectivity index (χ0) is 14.0. The van der Waals surface area contributed by atoms with Crippen LogP contribution in [0, 0.1) is 12.7 Å². The van der Waals surface area contributed by atoms with Crippen LogP contribution in [0.1, 0.15) is 5.56 Å². The Kier molecular flexibility index (Phi) is 3.73. The molecule has 7 heteroatoms. The molecule has 0 unspecified atom stereocenters. The molecular weight excluding hydrogens is 291 g/mol. The summed E-state index contributed by atoms with van der Waals surface area (Å²) in [6.07, 6.45) is 2.68. The van der Waals surface area contributed by atoms with Crippen LogP contribution in [0.25, 0.3) is 0 Å². The van der Waals surface area contributed by atoms with Crippen molar-refractivity contribution in [3.63, 3.8) is 0 Å². The first-order chi connectivity index (χ1) is 8.90. The number of hydrogen-bond donors (Lipinski definition) is 1. The van der Waals surface area contributed by atoms with Crippen molar-refractivity contribution in [3.8, 4) is 0 Å². The number of sulfonamides is 1. The number of hydrogen-bond acceptors (Lipinski definition) is 3. The van der Waals surface area contributed by atoms with E-state index in [9.17, 15) is 12.8 Å². The minimum Gasteiger partial charge on any atom is -0.278 e. The van der Waals surface area contributed by atoms with Crippen LogP contribution in [-0.4, -0.2) is 13.4 Å². The molecule has 19 heavy (non-hydrogen) atoms. The summed E-state index contributed by atoms with van der Waals surface area (Å²) in [4.78, 5) is 3.74. The van der Waals surface area contributed by atoms with Gasteiger partial charge in [-0.25, -0.2) is 12.8 Å². The summed E-state index contributed by atoms with van der Waals surface area (Å²) in [6, 6.07) is 5.31. The van der Waals surface area contributed by atoms with E-state index < -0.39 is 15.8 Å². The number of pyridine rings is 1. The van der Waals surface area contributed by atoms with Gasteiger partial charge in [0.1, 0.15) is 10.7 Å². The second kappa shape index (κ2) is 5.14. The van der Waals surface area contributed by atoms with E-state index in [-0.39, 0.29) is 15.6 Å². The van der Waals surface area contributed by atoms with Crippen molar-refractivity contribution in [1.29, 1.82) is 0 Å². The van der Waals surface area contributed by atoms with Crippen LogP contribution < -0.4 is 4.72 Å². The van der Waals surface area contributed by atoms with Crippen molar-refractivity contribution in [2.75, 3.05) is 4.72 Å². The van der Waals surface area contributed by atoms with E-state index in [1.54, 1.807) is 0 Å². The quantitative estimate of drug-likeness (QED) is 0.948. The maximum atomic E-state index is 13.2. The van der Waals surface area contributed by atoms with Crippen LogP contribution >= 0.6 is 11.6 Å². The molecule has 4 nitrogen and oxygen atoms in total. The molecule has 2 rings (SSSR count). The average Bonchev–Trinajstić information content (AvgIpc) is 2.37. The zero-order valence-corrected chi connectivity index (χ0v) is 11.5. The molecule has 0 saturated heterocycles. The van der Waals surface area contributed by atoms with Gasteiger partial charge in [-0.15, -0.1) is 0 Å². The fourth-order valence-corrected chi connectivity index (χ4v) is 2.73. The molecule has 0 aliphatic rings. The topological polar surface area (TPSA) is 59.1 Å². The van der Waals surface area contributed by atoms with Gasteiger partial charge in [0.25, 0.3) is 10.0 Å². The van der Waals surface area contributed by atoms with E-state index in [1.165, 1.54) is 37.5 Å². The molecule has 0 spiro atoms. The molecule has 0 amide bonds. The van der Waals surface area contributed by atoms with Gasteiger partial charge in [-0.2, -0.15) is 0 Å². The normalized spacial score (nSPS) is 11.3. The molecule has 0 fully saturated rings. The molecule has 0 aliphatic heterocycles. The highest BCUT2D eigenvalue weighted by molar-refractivity contribution is 7.92. The van der Waals surface area contributed by atoms with Crippen molar-refractivity contribution in [2.24, 2.45) is 0 Å². The molecule has 2 aromatic rings. The lowest BCUT2D eigenvalue weighted by atomic mass is 10.2. The van der Waals surface area contributed by atoms with Crippen molar-refractivity contribution >= 4 is 27.3 Å². The largest absolute Gasteiger partial charge is 0.278 e. The molecule has 0 bridgehead atoms. The minimum absolute atomic E-state index is 0.00411. The maximum absolute atomic E-state index is 13.2. The van der Waals surface area contributed by atoms with Gasteiger partial charge in [0, 0.05) is 12.4 Å². The minimum atomic E-state index is -3.78. The highest BCUT2D eigenvalue weighted by Crippen LogP contribution is 2.27. The Balaban J connectivity index is 2.39. The predicted molar refractivity (Wildman–Crippen MR) is 71.2 cm³/mol. The highest BCUT2D eigenvalue weighted by Gasteiger charge is 2.16. The third-order valence-electron chi connectivity index (χ3n) is 2.44. The number of aryl methyl sites for hydroxylation is 1. The fourth-order valence-electron chi connectivity index (χ4n) is 1.45. The Labute approximate surface area is 115 Å². The average molecular weight is 301 g/mol. The van der Waals surface area contributed by atoms with Gasteiger partial charge < -0.3 is 0 Å². The second-order valence-electron chi connectivity index (χ2n) is 3.88. The number of nitrogens with one attached hydrogen (secondary N) is 1. The maximum Gasteiger partial charge on any atom is 0.263 e. The first-order valence-electron chi connectivity index (χ1n) is 5.28. The Morgan fingerprint density at radius 2 is 2.11 bits per heavy atom. The third-order valence-corrected chi connectivity index (χ3v) is 4.10. The van der Waals surface area contributed by atoms with Gasteiger partial charge >= 0.3 is 0 Å². The van der Waals surface area contributed by atoms with E-state index >= 15 is 0 Å². The Bertz CT molecular complexity index is 705. The summed E-state index contributed by atoms with van der Waals surface area (Å²) in [6.45, 7) is 1.52. The van der Waals surface area contributed by atoms with Crippen LogP contribution in [0.3, 0.4) is 0 Å². The standard InChI is InChI=1S/C12H10ClFN2O2S/c1-8-5-12(10(13)6-11(8)14)16-19(17,18)9-3-2-4-15-7-9/h2-7,16H,1H3. The number of nitrogens with zero attached hydrogens (tertiary/aromatic N) is 1. The van der Waals surface area contributed by atoms with Crippen molar-refractivity contribution in [2.45, 2.75) is 11.8 Å². The molecule has 0 radical (unpaired) electrons. The van der Waals surface area contributed by atoms with Crippen LogP contribution in [0.5, 0.6) is 0 Å². The lowest BCUT2D eigenvalue weighted by Gasteiger charge is -2.10. The second-order valence-corrected chi connectivity index (χ2v) is 5.97. The van der Waals surface area contributed by atoms with Gasteiger partial charge in [0.05, 0.1) is 10.7 Å². The van der Waals surface area contributed by atoms with E-state index in [0.29, 0.717) is 5.56 Å². The van der Waals surface area contributed by atoms with Crippen LogP contribution in [0.2, 0.25) is 5.02 Å². The lowest BCUT2D eigenvalue weighted by Crippen LogP contribution is -2.13. The van der Waals surface area contributed by atoms with Crippen molar-refractivity contribution in [1.82, 2.24) is 4.98 Å². The highest BCUT2D eigenvalue weighted by atomic mass is 35.5. The Morgan fingerprint density at radius 1 is 1.37 bits per heavy atom. The van der Waals surface area contributed by atoms with Gasteiger partial charge in [0.15, 0.2) is 0 Å². The first kappa shape index (κ1) is 13.8. The molecule has 1 N–H and O–H groups in total. The summed E-state index contributed by atoms with van der Waals surface area (Å²) in [5.41, 5.74) is 0.428. The van der Waals surface area contributed by atoms with Crippen molar-refractivity contribution in [3.05, 3.63) is 53.1 Å². The molecule has 0 saturated carbocycles. The smallest absolute Gasteiger partial charge is 0.263 e. The van der Waals surface area contributed by atoms with Gasteiger partial charge in [-0.1, -0.05) is 11.6 Å². The number of anilines is 1. The predicted octanol–water partition coefficient (Wildman–Crippen LogP) is 2.98. The summed E-state index contributed by atoms with van der Waals surface area (Å²) in [7, 11) is -3.78. The summed E-state index contributed by atoms with van der Waals surface area (Å²) in [5, 5.41) is -0.00411. The van der Waals surface area contributed by atoms with E-state index in [4.69, 9.17) is 11.6 Å². The number of aromatic nitrogens is 1. The van der Waals surface area contributed by atoms with Crippen LogP contribution in [0.15, 0.2) is 41.6 Å². The molecule has 1 heterocycles. The SMILES string of the molecule is Cc1cc(NS(=O)(=O)c2cccnc2)c(Cl)cc1F. The van der Waals surface area contributed by atoms with Gasteiger partial charge in [0.2, 0.25) is 0 Å². The van der Waals surface area contributed by atoms with E-state index in [0.717, 1.165) is 6.07 Å². The number of rotatable bonds is 3.